The van der Waals surface area contributed by atoms with Gasteiger partial charge in [0.2, 0.25) is 0 Å². The first kappa shape index (κ1) is 17.4. The van der Waals surface area contributed by atoms with Crippen molar-refractivity contribution in [2.75, 3.05) is 13.7 Å². The van der Waals surface area contributed by atoms with Gasteiger partial charge < -0.3 is 14.4 Å². The Bertz CT molecular complexity index is 757. The monoisotopic (exact) mass is 360 g/mol. The zero-order valence-electron chi connectivity index (χ0n) is 14.2. The third kappa shape index (κ3) is 3.99. The van der Waals surface area contributed by atoms with Crippen molar-refractivity contribution in [1.29, 1.82) is 0 Å². The molecule has 2 aromatic rings. The zero-order valence-corrected chi connectivity index (χ0v) is 15.0. The van der Waals surface area contributed by atoms with E-state index in [9.17, 15) is 9.59 Å². The third-order valence-corrected chi connectivity index (χ3v) is 4.96. The second-order valence-corrected chi connectivity index (χ2v) is 6.91. The van der Waals surface area contributed by atoms with E-state index in [2.05, 4.69) is 4.98 Å². The number of thiazole rings is 1. The van der Waals surface area contributed by atoms with Gasteiger partial charge in [0.05, 0.1) is 17.8 Å². The predicted octanol–water partition coefficient (Wildman–Crippen LogP) is 2.81. The first-order valence-corrected chi connectivity index (χ1v) is 8.99. The number of carbonyl (C=O) groups is 2. The summed E-state index contributed by atoms with van der Waals surface area (Å²) in [5.74, 6) is 0.159. The van der Waals surface area contributed by atoms with E-state index in [1.807, 2.05) is 12.3 Å². The first-order chi connectivity index (χ1) is 12.1. The fourth-order valence-electron chi connectivity index (χ4n) is 2.88. The number of esters is 1. The van der Waals surface area contributed by atoms with Gasteiger partial charge in [-0.1, -0.05) is 0 Å². The fraction of sp³-hybridized carbons (Fsp3) is 0.389. The van der Waals surface area contributed by atoms with Crippen LogP contribution in [0.4, 0.5) is 0 Å². The summed E-state index contributed by atoms with van der Waals surface area (Å²) in [7, 11) is 1.35. The number of benzene rings is 1. The van der Waals surface area contributed by atoms with E-state index in [0.29, 0.717) is 30.9 Å². The molecular formula is C18H20N2O4S. The van der Waals surface area contributed by atoms with E-state index >= 15 is 0 Å². The van der Waals surface area contributed by atoms with Gasteiger partial charge in [-0.3, -0.25) is 4.79 Å². The Balaban J connectivity index is 1.63. The van der Waals surface area contributed by atoms with Crippen LogP contribution < -0.4 is 4.74 Å². The quantitative estimate of drug-likeness (QED) is 0.767. The van der Waals surface area contributed by atoms with Crippen LogP contribution in [-0.4, -0.2) is 41.5 Å². The molecule has 1 saturated heterocycles. The highest BCUT2D eigenvalue weighted by atomic mass is 32.1. The predicted molar refractivity (Wildman–Crippen MR) is 93.7 cm³/mol. The van der Waals surface area contributed by atoms with E-state index < -0.39 is 6.04 Å². The number of likely N-dealkylation sites (tertiary alicyclic amines) is 1. The van der Waals surface area contributed by atoms with Crippen molar-refractivity contribution < 1.29 is 19.1 Å². The molecule has 0 aliphatic carbocycles. The minimum atomic E-state index is -0.485. The van der Waals surface area contributed by atoms with Gasteiger partial charge in [-0.05, 0) is 44.0 Å². The first-order valence-electron chi connectivity index (χ1n) is 8.11. The van der Waals surface area contributed by atoms with Gasteiger partial charge in [-0.25, -0.2) is 9.78 Å². The molecule has 1 atom stereocenters. The van der Waals surface area contributed by atoms with Crippen molar-refractivity contribution in [3.63, 3.8) is 0 Å². The summed E-state index contributed by atoms with van der Waals surface area (Å²) < 4.78 is 10.5. The number of nitrogens with zero attached hydrogens (tertiary/aromatic N) is 2. The summed E-state index contributed by atoms with van der Waals surface area (Å²) in [6.07, 6.45) is 1.45. The molecule has 132 valence electrons. The lowest BCUT2D eigenvalue weighted by Crippen LogP contribution is -2.41. The van der Waals surface area contributed by atoms with Crippen LogP contribution in [0, 0.1) is 6.92 Å². The number of hydrogen-bond donors (Lipinski definition) is 0. The average Bonchev–Trinajstić information content (AvgIpc) is 3.28. The average molecular weight is 360 g/mol. The number of aromatic nitrogens is 1. The smallest absolute Gasteiger partial charge is 0.328 e. The normalized spacial score (nSPS) is 16.7. The van der Waals surface area contributed by atoms with Gasteiger partial charge in [-0.2, -0.15) is 0 Å². The van der Waals surface area contributed by atoms with Crippen molar-refractivity contribution in [2.45, 2.75) is 32.4 Å². The van der Waals surface area contributed by atoms with Crippen molar-refractivity contribution in [3.8, 4) is 5.75 Å². The lowest BCUT2D eigenvalue weighted by atomic mass is 10.1. The van der Waals surface area contributed by atoms with Gasteiger partial charge in [0.25, 0.3) is 5.91 Å². The molecule has 7 heteroatoms. The van der Waals surface area contributed by atoms with E-state index in [1.54, 1.807) is 40.5 Å². The molecule has 6 nitrogen and oxygen atoms in total. The Morgan fingerprint density at radius 1 is 1.32 bits per heavy atom. The number of aryl methyl sites for hydroxylation is 1. The lowest BCUT2D eigenvalue weighted by Gasteiger charge is -2.22. The third-order valence-electron chi connectivity index (χ3n) is 4.14. The maximum absolute atomic E-state index is 12.6. The molecule has 0 radical (unpaired) electrons. The molecule has 1 unspecified atom stereocenters. The molecule has 3 rings (SSSR count). The van der Waals surface area contributed by atoms with Crippen molar-refractivity contribution in [3.05, 3.63) is 45.9 Å². The van der Waals surface area contributed by atoms with Crippen LogP contribution >= 0.6 is 11.3 Å². The lowest BCUT2D eigenvalue weighted by molar-refractivity contribution is -0.145. The summed E-state index contributed by atoms with van der Waals surface area (Å²) >= 11 is 1.59. The molecule has 1 aromatic heterocycles. The molecule has 1 aliphatic rings. The van der Waals surface area contributed by atoms with Crippen LogP contribution in [-0.2, 0) is 16.1 Å². The second kappa shape index (κ2) is 7.65. The fourth-order valence-corrected chi connectivity index (χ4v) is 3.48. The molecule has 1 amide bonds. The molecule has 0 N–H and O–H groups in total. The van der Waals surface area contributed by atoms with E-state index in [0.717, 1.165) is 17.1 Å². The number of ether oxygens (including phenoxy) is 2. The van der Waals surface area contributed by atoms with Crippen molar-refractivity contribution >= 4 is 23.2 Å². The number of carbonyl (C=O) groups excluding carboxylic acids is 2. The zero-order chi connectivity index (χ0) is 17.8. The van der Waals surface area contributed by atoms with Crippen LogP contribution in [0.2, 0.25) is 0 Å². The molecule has 0 bridgehead atoms. The van der Waals surface area contributed by atoms with Gasteiger partial charge in [0.1, 0.15) is 18.4 Å². The van der Waals surface area contributed by atoms with Gasteiger partial charge >= 0.3 is 5.97 Å². The maximum Gasteiger partial charge on any atom is 0.328 e. The summed E-state index contributed by atoms with van der Waals surface area (Å²) in [6.45, 7) is 2.92. The minimum absolute atomic E-state index is 0.158. The SMILES string of the molecule is COC(=O)C1CCCN1C(=O)c1ccc(OCc2csc(C)n2)cc1. The van der Waals surface area contributed by atoms with Crippen molar-refractivity contribution in [1.82, 2.24) is 9.88 Å². The Morgan fingerprint density at radius 3 is 2.72 bits per heavy atom. The van der Waals surface area contributed by atoms with Crippen LogP contribution in [0.5, 0.6) is 5.75 Å². The molecule has 25 heavy (non-hydrogen) atoms. The van der Waals surface area contributed by atoms with Gasteiger partial charge in [-0.15, -0.1) is 11.3 Å². The number of hydrogen-bond acceptors (Lipinski definition) is 6. The molecule has 1 aromatic carbocycles. The second-order valence-electron chi connectivity index (χ2n) is 5.85. The van der Waals surface area contributed by atoms with Gasteiger partial charge in [0, 0.05) is 17.5 Å². The molecule has 1 fully saturated rings. The van der Waals surface area contributed by atoms with Crippen molar-refractivity contribution in [2.24, 2.45) is 0 Å². The molecular weight excluding hydrogens is 340 g/mol. The molecule has 1 aliphatic heterocycles. The van der Waals surface area contributed by atoms with Crippen LogP contribution in [0.3, 0.4) is 0 Å². The largest absolute Gasteiger partial charge is 0.487 e. The Hall–Kier alpha value is -2.41. The highest BCUT2D eigenvalue weighted by Crippen LogP contribution is 2.22. The summed E-state index contributed by atoms with van der Waals surface area (Å²) in [5.41, 5.74) is 1.42. The Labute approximate surface area is 150 Å². The Morgan fingerprint density at radius 2 is 2.08 bits per heavy atom. The summed E-state index contributed by atoms with van der Waals surface area (Å²) in [5, 5.41) is 2.97. The van der Waals surface area contributed by atoms with E-state index in [-0.39, 0.29) is 11.9 Å². The topological polar surface area (TPSA) is 68.7 Å². The van der Waals surface area contributed by atoms with Gasteiger partial charge in [0.15, 0.2) is 0 Å². The summed E-state index contributed by atoms with van der Waals surface area (Å²) in [6, 6.07) is 6.47. The highest BCUT2D eigenvalue weighted by Gasteiger charge is 2.35. The standard InChI is InChI=1S/C18H20N2O4S/c1-12-19-14(11-25-12)10-24-15-7-5-13(6-8-15)17(21)20-9-3-4-16(20)18(22)23-2/h5-8,11,16H,3-4,9-10H2,1-2H3. The molecule has 0 saturated carbocycles. The van der Waals surface area contributed by atoms with E-state index in [4.69, 9.17) is 9.47 Å². The minimum Gasteiger partial charge on any atom is -0.487 e. The Kier molecular flexibility index (Phi) is 5.33. The van der Waals surface area contributed by atoms with E-state index in [1.165, 1.54) is 7.11 Å². The van der Waals surface area contributed by atoms with Crippen LogP contribution in [0.15, 0.2) is 29.6 Å². The number of methoxy groups -OCH3 is 1. The summed E-state index contributed by atoms with van der Waals surface area (Å²) in [4.78, 5) is 30.4. The molecule has 0 spiro atoms. The van der Waals surface area contributed by atoms with Crippen LogP contribution in [0.25, 0.3) is 0 Å². The number of amides is 1. The van der Waals surface area contributed by atoms with Crippen LogP contribution in [0.1, 0.15) is 33.9 Å². The molecule has 2 heterocycles. The maximum atomic E-state index is 12.6. The number of rotatable bonds is 5. The highest BCUT2D eigenvalue weighted by molar-refractivity contribution is 7.09.